The summed E-state index contributed by atoms with van der Waals surface area (Å²) in [6.45, 7) is 12.6. The van der Waals surface area contributed by atoms with Crippen molar-refractivity contribution in [2.75, 3.05) is 13.2 Å². The van der Waals surface area contributed by atoms with Gasteiger partial charge >= 0.3 is 0 Å². The van der Waals surface area contributed by atoms with E-state index in [1.807, 2.05) is 31.2 Å². The SMILES string of the molecule is CCCN1C(=O)C(O)=C(C(=O)C(C)(C)C)C1c1ccc(OCC(C)C)cc1. The normalized spacial score (nSPS) is 17.8. The molecule has 1 aromatic rings. The molecule has 1 unspecified atom stereocenters. The lowest BCUT2D eigenvalue weighted by Crippen LogP contribution is -2.33. The van der Waals surface area contributed by atoms with Crippen LogP contribution in [0, 0.1) is 11.3 Å². The number of hydrogen-bond donors (Lipinski definition) is 1. The van der Waals surface area contributed by atoms with Gasteiger partial charge in [-0.1, -0.05) is 53.7 Å². The maximum atomic E-state index is 13.0. The molecule has 5 heteroatoms. The van der Waals surface area contributed by atoms with E-state index < -0.39 is 23.1 Å². The molecule has 1 aliphatic heterocycles. The zero-order valence-corrected chi connectivity index (χ0v) is 17.2. The molecule has 0 spiro atoms. The summed E-state index contributed by atoms with van der Waals surface area (Å²) in [5.41, 5.74) is 0.298. The van der Waals surface area contributed by atoms with E-state index in [-0.39, 0.29) is 11.4 Å². The number of benzene rings is 1. The van der Waals surface area contributed by atoms with Gasteiger partial charge in [-0.15, -0.1) is 0 Å². The second kappa shape index (κ2) is 8.15. The molecule has 1 amide bonds. The number of carbonyl (C=O) groups is 2. The number of Topliss-reactive ketones (excluding diaryl/α,β-unsaturated/α-hetero) is 1. The predicted molar refractivity (Wildman–Crippen MR) is 106 cm³/mol. The number of aliphatic hydroxyl groups excluding tert-OH is 1. The van der Waals surface area contributed by atoms with Crippen molar-refractivity contribution in [3.05, 3.63) is 41.2 Å². The molecule has 2 rings (SSSR count). The first-order valence-electron chi connectivity index (χ1n) is 9.59. The fourth-order valence-electron chi connectivity index (χ4n) is 3.12. The van der Waals surface area contributed by atoms with Crippen LogP contribution >= 0.6 is 0 Å². The van der Waals surface area contributed by atoms with Crippen LogP contribution in [-0.4, -0.2) is 34.8 Å². The molecule has 0 bridgehead atoms. The summed E-state index contributed by atoms with van der Waals surface area (Å²) in [5.74, 6) is 0.0592. The van der Waals surface area contributed by atoms with Crippen LogP contribution in [0.25, 0.3) is 0 Å². The highest BCUT2D eigenvalue weighted by molar-refractivity contribution is 6.10. The van der Waals surface area contributed by atoms with E-state index in [9.17, 15) is 14.7 Å². The minimum atomic E-state index is -0.690. The number of ether oxygens (including phenoxy) is 1. The minimum absolute atomic E-state index is 0.191. The average Bonchev–Trinajstić information content (AvgIpc) is 2.84. The van der Waals surface area contributed by atoms with Crippen molar-refractivity contribution in [3.63, 3.8) is 0 Å². The lowest BCUT2D eigenvalue weighted by atomic mass is 9.82. The van der Waals surface area contributed by atoms with Gasteiger partial charge in [0.15, 0.2) is 11.5 Å². The van der Waals surface area contributed by atoms with Crippen LogP contribution in [0.4, 0.5) is 0 Å². The Hall–Kier alpha value is -2.30. The second-order valence-electron chi connectivity index (χ2n) is 8.52. The van der Waals surface area contributed by atoms with E-state index in [0.29, 0.717) is 19.1 Å². The molecule has 0 fully saturated rings. The standard InChI is InChI=1S/C22H31NO4/c1-7-12-23-18(15-8-10-16(11-9-15)27-13-14(2)3)17(19(24)21(23)26)20(25)22(4,5)6/h8-11,14,18,24H,7,12-13H2,1-6H3. The van der Waals surface area contributed by atoms with Crippen LogP contribution in [0.3, 0.4) is 0 Å². The van der Waals surface area contributed by atoms with Gasteiger partial charge < -0.3 is 14.7 Å². The molecule has 1 heterocycles. The Bertz CT molecular complexity index is 726. The smallest absolute Gasteiger partial charge is 0.290 e. The fraction of sp³-hybridized carbons (Fsp3) is 0.545. The number of ketones is 1. The van der Waals surface area contributed by atoms with Gasteiger partial charge in [-0.05, 0) is 30.0 Å². The van der Waals surface area contributed by atoms with Gasteiger partial charge in [0.2, 0.25) is 0 Å². The lowest BCUT2D eigenvalue weighted by molar-refractivity contribution is -0.129. The van der Waals surface area contributed by atoms with E-state index in [1.54, 1.807) is 25.7 Å². The van der Waals surface area contributed by atoms with Crippen LogP contribution < -0.4 is 4.74 Å². The zero-order chi connectivity index (χ0) is 20.4. The molecule has 0 aromatic heterocycles. The molecule has 0 saturated heterocycles. The maximum Gasteiger partial charge on any atom is 0.290 e. The summed E-state index contributed by atoms with van der Waals surface area (Å²) < 4.78 is 5.72. The first kappa shape index (κ1) is 21.0. The predicted octanol–water partition coefficient (Wildman–Crippen LogP) is 4.44. The van der Waals surface area contributed by atoms with E-state index >= 15 is 0 Å². The van der Waals surface area contributed by atoms with E-state index in [0.717, 1.165) is 17.7 Å². The van der Waals surface area contributed by atoms with Crippen molar-refractivity contribution in [2.24, 2.45) is 11.3 Å². The summed E-state index contributed by atoms with van der Waals surface area (Å²) in [4.78, 5) is 27.2. The Morgan fingerprint density at radius 1 is 1.22 bits per heavy atom. The van der Waals surface area contributed by atoms with Crippen LogP contribution in [-0.2, 0) is 9.59 Å². The molecular formula is C22H31NO4. The highest BCUT2D eigenvalue weighted by Gasteiger charge is 2.45. The molecule has 148 valence electrons. The number of rotatable bonds is 7. The molecule has 1 atom stereocenters. The number of hydrogen-bond acceptors (Lipinski definition) is 4. The van der Waals surface area contributed by atoms with Crippen LogP contribution in [0.5, 0.6) is 5.75 Å². The molecule has 0 aliphatic carbocycles. The van der Waals surface area contributed by atoms with Gasteiger partial charge in [0, 0.05) is 12.0 Å². The van der Waals surface area contributed by atoms with Crippen molar-refractivity contribution in [1.82, 2.24) is 4.90 Å². The Labute approximate surface area is 162 Å². The van der Waals surface area contributed by atoms with Crippen molar-refractivity contribution in [1.29, 1.82) is 0 Å². The van der Waals surface area contributed by atoms with Crippen molar-refractivity contribution in [2.45, 2.75) is 54.0 Å². The van der Waals surface area contributed by atoms with E-state index in [1.165, 1.54) is 0 Å². The first-order valence-corrected chi connectivity index (χ1v) is 9.59. The monoisotopic (exact) mass is 373 g/mol. The fourth-order valence-corrected chi connectivity index (χ4v) is 3.12. The molecule has 1 N–H and O–H groups in total. The van der Waals surface area contributed by atoms with Gasteiger partial charge in [0.25, 0.3) is 5.91 Å². The summed E-state index contributed by atoms with van der Waals surface area (Å²) in [5, 5.41) is 10.5. The quantitative estimate of drug-likeness (QED) is 0.767. The summed E-state index contributed by atoms with van der Waals surface area (Å²) in [7, 11) is 0. The molecule has 27 heavy (non-hydrogen) atoms. The Kier molecular flexibility index (Phi) is 6.34. The van der Waals surface area contributed by atoms with Crippen molar-refractivity contribution in [3.8, 4) is 5.75 Å². The minimum Gasteiger partial charge on any atom is -0.503 e. The van der Waals surface area contributed by atoms with E-state index in [2.05, 4.69) is 13.8 Å². The highest BCUT2D eigenvalue weighted by Crippen LogP contribution is 2.41. The number of carbonyl (C=O) groups excluding carboxylic acids is 2. The van der Waals surface area contributed by atoms with Gasteiger partial charge in [-0.3, -0.25) is 9.59 Å². The molecule has 1 aromatic carbocycles. The topological polar surface area (TPSA) is 66.8 Å². The molecular weight excluding hydrogens is 342 g/mol. The third-order valence-corrected chi connectivity index (χ3v) is 4.47. The van der Waals surface area contributed by atoms with Gasteiger partial charge in [0.05, 0.1) is 18.2 Å². The Balaban J connectivity index is 2.42. The maximum absolute atomic E-state index is 13.0. The van der Waals surface area contributed by atoms with Crippen LogP contribution in [0.1, 0.15) is 59.6 Å². The first-order chi connectivity index (χ1) is 12.6. The van der Waals surface area contributed by atoms with Gasteiger partial charge in [-0.2, -0.15) is 0 Å². The molecule has 0 saturated carbocycles. The number of nitrogens with zero attached hydrogens (tertiary/aromatic N) is 1. The summed E-state index contributed by atoms with van der Waals surface area (Å²) in [6, 6.07) is 6.86. The molecule has 1 aliphatic rings. The molecule has 0 radical (unpaired) electrons. The Morgan fingerprint density at radius 3 is 2.30 bits per heavy atom. The van der Waals surface area contributed by atoms with E-state index in [4.69, 9.17) is 4.74 Å². The van der Waals surface area contributed by atoms with Gasteiger partial charge in [-0.25, -0.2) is 0 Å². The zero-order valence-electron chi connectivity index (χ0n) is 17.2. The number of aliphatic hydroxyl groups is 1. The third kappa shape index (κ3) is 4.52. The van der Waals surface area contributed by atoms with Crippen LogP contribution in [0.2, 0.25) is 0 Å². The lowest BCUT2D eigenvalue weighted by Gasteiger charge is -2.28. The largest absolute Gasteiger partial charge is 0.503 e. The highest BCUT2D eigenvalue weighted by atomic mass is 16.5. The average molecular weight is 373 g/mol. The Morgan fingerprint density at radius 2 is 1.81 bits per heavy atom. The third-order valence-electron chi connectivity index (χ3n) is 4.47. The summed E-state index contributed by atoms with van der Waals surface area (Å²) >= 11 is 0. The van der Waals surface area contributed by atoms with Crippen molar-refractivity contribution >= 4 is 11.7 Å². The van der Waals surface area contributed by atoms with Crippen LogP contribution in [0.15, 0.2) is 35.6 Å². The molecule has 5 nitrogen and oxygen atoms in total. The number of amides is 1. The van der Waals surface area contributed by atoms with Gasteiger partial charge in [0.1, 0.15) is 5.75 Å². The van der Waals surface area contributed by atoms with Crippen molar-refractivity contribution < 1.29 is 19.4 Å². The summed E-state index contributed by atoms with van der Waals surface area (Å²) in [6.07, 6.45) is 0.738. The second-order valence-corrected chi connectivity index (χ2v) is 8.52.